The molecule has 1 aromatic carbocycles. The summed E-state index contributed by atoms with van der Waals surface area (Å²) >= 11 is 1.66. The van der Waals surface area contributed by atoms with Gasteiger partial charge in [-0.3, -0.25) is 14.6 Å². The zero-order valence-electron chi connectivity index (χ0n) is 14.1. The van der Waals surface area contributed by atoms with E-state index in [1.165, 1.54) is 0 Å². The third kappa shape index (κ3) is 3.39. The summed E-state index contributed by atoms with van der Waals surface area (Å²) in [4.78, 5) is 29.8. The van der Waals surface area contributed by atoms with E-state index < -0.39 is 0 Å². The maximum atomic E-state index is 12.5. The molecule has 0 atom stereocenters. The Morgan fingerprint density at radius 2 is 2.08 bits per heavy atom. The number of pyridine rings is 1. The van der Waals surface area contributed by atoms with Crippen LogP contribution >= 0.6 is 11.3 Å². The van der Waals surface area contributed by atoms with Crippen molar-refractivity contribution >= 4 is 39.1 Å². The summed E-state index contributed by atoms with van der Waals surface area (Å²) in [7, 11) is 0. The molecule has 0 spiro atoms. The van der Waals surface area contributed by atoms with E-state index in [1.54, 1.807) is 22.4 Å². The Bertz CT molecular complexity index is 952. The SMILES string of the molecule is O=C1CN(C(=O)c2ccc(CNc3ccnc4ccsc34)cc2)CCN1. The molecule has 6 nitrogen and oxygen atoms in total. The van der Waals surface area contributed by atoms with Gasteiger partial charge in [0, 0.05) is 31.4 Å². The molecular weight excluding hydrogens is 348 g/mol. The van der Waals surface area contributed by atoms with Crippen molar-refractivity contribution < 1.29 is 9.59 Å². The van der Waals surface area contributed by atoms with Crippen LogP contribution in [-0.2, 0) is 11.3 Å². The molecule has 0 saturated carbocycles. The first-order valence-corrected chi connectivity index (χ1v) is 9.30. The number of thiophene rings is 1. The zero-order valence-corrected chi connectivity index (χ0v) is 14.9. The predicted octanol–water partition coefficient (Wildman–Crippen LogP) is 2.48. The van der Waals surface area contributed by atoms with Crippen molar-refractivity contribution in [3.8, 4) is 0 Å². The molecule has 3 aromatic rings. The Kier molecular flexibility index (Phi) is 4.53. The standard InChI is InChI=1S/C19H18N4O2S/c24-17-12-23(9-8-21-17)19(25)14-3-1-13(2-4-14)11-22-15-5-7-20-16-6-10-26-18(15)16/h1-7,10H,8-9,11-12H2,(H,20,22)(H,21,24). The molecule has 1 aliphatic rings. The molecule has 1 saturated heterocycles. The van der Waals surface area contributed by atoms with Gasteiger partial charge in [-0.2, -0.15) is 0 Å². The van der Waals surface area contributed by atoms with Crippen molar-refractivity contribution in [2.45, 2.75) is 6.54 Å². The maximum Gasteiger partial charge on any atom is 0.254 e. The van der Waals surface area contributed by atoms with E-state index in [4.69, 9.17) is 0 Å². The largest absolute Gasteiger partial charge is 0.380 e. The number of anilines is 1. The van der Waals surface area contributed by atoms with Crippen LogP contribution < -0.4 is 10.6 Å². The molecule has 132 valence electrons. The summed E-state index contributed by atoms with van der Waals surface area (Å²) in [6, 6.07) is 11.5. The Labute approximate surface area is 154 Å². The number of hydrogen-bond donors (Lipinski definition) is 2. The number of aromatic nitrogens is 1. The van der Waals surface area contributed by atoms with Gasteiger partial charge in [0.1, 0.15) is 0 Å². The molecule has 2 aromatic heterocycles. The van der Waals surface area contributed by atoms with Crippen LogP contribution in [0.3, 0.4) is 0 Å². The smallest absolute Gasteiger partial charge is 0.254 e. The minimum absolute atomic E-state index is 0.103. The molecule has 4 rings (SSSR count). The molecule has 2 amide bonds. The lowest BCUT2D eigenvalue weighted by atomic mass is 10.1. The van der Waals surface area contributed by atoms with Gasteiger partial charge in [-0.1, -0.05) is 12.1 Å². The van der Waals surface area contributed by atoms with Crippen LogP contribution in [0.15, 0.2) is 48.0 Å². The maximum absolute atomic E-state index is 12.5. The Hall–Kier alpha value is -2.93. The summed E-state index contributed by atoms with van der Waals surface area (Å²) in [5, 5.41) is 8.19. The summed E-state index contributed by atoms with van der Waals surface area (Å²) in [5.74, 6) is -0.212. The number of piperazine rings is 1. The second-order valence-electron chi connectivity index (χ2n) is 6.12. The highest BCUT2D eigenvalue weighted by Gasteiger charge is 2.22. The van der Waals surface area contributed by atoms with Crippen LogP contribution in [0.25, 0.3) is 10.2 Å². The van der Waals surface area contributed by atoms with E-state index >= 15 is 0 Å². The van der Waals surface area contributed by atoms with Gasteiger partial charge in [0.05, 0.1) is 22.4 Å². The molecule has 1 fully saturated rings. The molecule has 0 unspecified atom stereocenters. The Balaban J connectivity index is 1.42. The van der Waals surface area contributed by atoms with E-state index in [0.717, 1.165) is 21.5 Å². The summed E-state index contributed by atoms with van der Waals surface area (Å²) in [6.07, 6.45) is 1.80. The Morgan fingerprint density at radius 3 is 2.88 bits per heavy atom. The average molecular weight is 366 g/mol. The molecule has 0 radical (unpaired) electrons. The van der Waals surface area contributed by atoms with Gasteiger partial charge >= 0.3 is 0 Å². The van der Waals surface area contributed by atoms with Crippen molar-refractivity contribution in [2.75, 3.05) is 25.0 Å². The normalized spacial score (nSPS) is 14.3. The fourth-order valence-electron chi connectivity index (χ4n) is 2.97. The fourth-order valence-corrected chi connectivity index (χ4v) is 3.81. The first kappa shape index (κ1) is 16.5. The molecule has 26 heavy (non-hydrogen) atoms. The van der Waals surface area contributed by atoms with Crippen LogP contribution in [0, 0.1) is 0 Å². The van der Waals surface area contributed by atoms with Crippen molar-refractivity contribution in [3.63, 3.8) is 0 Å². The number of fused-ring (bicyclic) bond motifs is 1. The number of nitrogens with zero attached hydrogens (tertiary/aromatic N) is 2. The van der Waals surface area contributed by atoms with Crippen LogP contribution in [0.4, 0.5) is 5.69 Å². The number of hydrogen-bond acceptors (Lipinski definition) is 5. The zero-order chi connectivity index (χ0) is 17.9. The molecule has 0 aliphatic carbocycles. The van der Waals surface area contributed by atoms with Crippen LogP contribution in [0.5, 0.6) is 0 Å². The molecule has 3 heterocycles. The second kappa shape index (κ2) is 7.13. The predicted molar refractivity (Wildman–Crippen MR) is 102 cm³/mol. The fraction of sp³-hybridized carbons (Fsp3) is 0.211. The first-order valence-electron chi connectivity index (χ1n) is 8.42. The van der Waals surface area contributed by atoms with Crippen molar-refractivity contribution in [1.29, 1.82) is 0 Å². The highest BCUT2D eigenvalue weighted by Crippen LogP contribution is 2.27. The van der Waals surface area contributed by atoms with Crippen LogP contribution in [0.1, 0.15) is 15.9 Å². The van der Waals surface area contributed by atoms with E-state index in [9.17, 15) is 9.59 Å². The number of rotatable bonds is 4. The van der Waals surface area contributed by atoms with Gasteiger partial charge in [-0.05, 0) is 35.2 Å². The summed E-state index contributed by atoms with van der Waals surface area (Å²) < 4.78 is 1.14. The second-order valence-corrected chi connectivity index (χ2v) is 7.04. The molecular formula is C19H18N4O2S. The van der Waals surface area contributed by atoms with Crippen LogP contribution in [0.2, 0.25) is 0 Å². The van der Waals surface area contributed by atoms with Gasteiger partial charge in [-0.15, -0.1) is 11.3 Å². The number of benzene rings is 1. The number of nitrogens with one attached hydrogen (secondary N) is 2. The van der Waals surface area contributed by atoms with E-state index in [0.29, 0.717) is 25.2 Å². The molecule has 0 bridgehead atoms. The number of amides is 2. The lowest BCUT2D eigenvalue weighted by Crippen LogP contribution is -2.49. The highest BCUT2D eigenvalue weighted by atomic mass is 32.1. The molecule has 1 aliphatic heterocycles. The van der Waals surface area contributed by atoms with Gasteiger partial charge in [0.2, 0.25) is 5.91 Å². The van der Waals surface area contributed by atoms with E-state index in [-0.39, 0.29) is 18.4 Å². The topological polar surface area (TPSA) is 74.3 Å². The number of carbonyl (C=O) groups is 2. The average Bonchev–Trinajstić information content (AvgIpc) is 3.15. The number of carbonyl (C=O) groups excluding carboxylic acids is 2. The van der Waals surface area contributed by atoms with Crippen molar-refractivity contribution in [3.05, 3.63) is 59.1 Å². The minimum atomic E-state index is -0.109. The van der Waals surface area contributed by atoms with Crippen molar-refractivity contribution in [2.24, 2.45) is 0 Å². The van der Waals surface area contributed by atoms with E-state index in [1.807, 2.05) is 41.8 Å². The first-order chi connectivity index (χ1) is 12.7. The summed E-state index contributed by atoms with van der Waals surface area (Å²) in [5.41, 5.74) is 3.74. The summed E-state index contributed by atoms with van der Waals surface area (Å²) in [6.45, 7) is 1.85. The van der Waals surface area contributed by atoms with Gasteiger partial charge < -0.3 is 15.5 Å². The highest BCUT2D eigenvalue weighted by molar-refractivity contribution is 7.17. The van der Waals surface area contributed by atoms with Gasteiger partial charge in [-0.25, -0.2) is 0 Å². The molecule has 2 N–H and O–H groups in total. The third-order valence-corrected chi connectivity index (χ3v) is 5.29. The molecule has 7 heteroatoms. The quantitative estimate of drug-likeness (QED) is 0.744. The minimum Gasteiger partial charge on any atom is -0.380 e. The Morgan fingerprint density at radius 1 is 1.23 bits per heavy atom. The van der Waals surface area contributed by atoms with Gasteiger partial charge in [0.25, 0.3) is 5.91 Å². The van der Waals surface area contributed by atoms with Crippen molar-refractivity contribution in [1.82, 2.24) is 15.2 Å². The van der Waals surface area contributed by atoms with Gasteiger partial charge in [0.15, 0.2) is 0 Å². The third-order valence-electron chi connectivity index (χ3n) is 4.35. The lowest BCUT2D eigenvalue weighted by molar-refractivity contribution is -0.123. The monoisotopic (exact) mass is 366 g/mol. The van der Waals surface area contributed by atoms with E-state index in [2.05, 4.69) is 15.6 Å². The van der Waals surface area contributed by atoms with Crippen LogP contribution in [-0.4, -0.2) is 41.3 Å². The lowest BCUT2D eigenvalue weighted by Gasteiger charge is -2.26.